The minimum atomic E-state index is -1.01. The molecule has 302 valence electrons. The van der Waals surface area contributed by atoms with Gasteiger partial charge in [0.15, 0.2) is 0 Å². The zero-order chi connectivity index (χ0) is 39.1. The number of anilines is 1. The van der Waals surface area contributed by atoms with Gasteiger partial charge in [0.05, 0.1) is 0 Å². The number of amides is 5. The van der Waals surface area contributed by atoms with E-state index in [-0.39, 0.29) is 37.3 Å². The Kier molecular flexibility index (Phi) is 27.6. The molecule has 0 heterocycles. The monoisotopic (exact) mass is 745 g/mol. The van der Waals surface area contributed by atoms with Crippen LogP contribution in [0.25, 0.3) is 0 Å². The summed E-state index contributed by atoms with van der Waals surface area (Å²) in [5, 5.41) is 11.0. The molecule has 1 rings (SSSR count). The van der Waals surface area contributed by atoms with Gasteiger partial charge < -0.3 is 44.2 Å². The van der Waals surface area contributed by atoms with Crippen LogP contribution >= 0.6 is 0 Å². The Balaban J connectivity index is 2.59. The standard InChI is InChI=1S/C40H72N8O5/c1-2-3-4-5-6-7-8-9-10-11-12-13-14-15-16-26-36(49)45-32-22-17-21-31(30-32)38(51)47-34(24-19-28-42)40(53)48-35(25-20-29-43)39(52)46-33(37(44)50)23-18-27-41/h17,21-22,30,33-35H,2-16,18-20,23-29,41-43H2,1H3,(H2,44,50)(H,45,49)(H,46,52)(H,47,51)(H,48,53). The molecule has 0 saturated carbocycles. The second-order valence-corrected chi connectivity index (χ2v) is 14.2. The Hall–Kier alpha value is -3.55. The second-order valence-electron chi connectivity index (χ2n) is 14.2. The number of hydrogen-bond acceptors (Lipinski definition) is 8. The topological polar surface area (TPSA) is 238 Å². The summed E-state index contributed by atoms with van der Waals surface area (Å²) in [6, 6.07) is 3.61. The molecule has 13 nitrogen and oxygen atoms in total. The van der Waals surface area contributed by atoms with Crippen LogP contribution in [0, 0.1) is 0 Å². The van der Waals surface area contributed by atoms with Gasteiger partial charge in [-0.15, -0.1) is 0 Å². The maximum absolute atomic E-state index is 13.4. The van der Waals surface area contributed by atoms with Gasteiger partial charge in [0, 0.05) is 17.7 Å². The Bertz CT molecular complexity index is 1180. The molecular formula is C40H72N8O5. The number of nitrogens with one attached hydrogen (secondary N) is 4. The number of hydrogen-bond donors (Lipinski definition) is 8. The minimum Gasteiger partial charge on any atom is -0.368 e. The first kappa shape index (κ1) is 47.5. The molecule has 0 aliphatic carbocycles. The predicted molar refractivity (Wildman–Crippen MR) is 214 cm³/mol. The predicted octanol–water partition coefficient (Wildman–Crippen LogP) is 4.66. The van der Waals surface area contributed by atoms with E-state index in [1.54, 1.807) is 24.3 Å². The van der Waals surface area contributed by atoms with Crippen LogP contribution in [0.1, 0.15) is 159 Å². The highest BCUT2D eigenvalue weighted by molar-refractivity contribution is 6.00. The zero-order valence-corrected chi connectivity index (χ0v) is 32.6. The molecule has 0 saturated heterocycles. The lowest BCUT2D eigenvalue weighted by atomic mass is 10.0. The van der Waals surface area contributed by atoms with Crippen molar-refractivity contribution in [1.82, 2.24) is 16.0 Å². The summed E-state index contributed by atoms with van der Waals surface area (Å²) in [5.74, 6) is -2.48. The van der Waals surface area contributed by atoms with Gasteiger partial charge in [0.25, 0.3) is 5.91 Å². The third kappa shape index (κ3) is 23.0. The van der Waals surface area contributed by atoms with Crippen molar-refractivity contribution in [3.05, 3.63) is 29.8 Å². The highest BCUT2D eigenvalue weighted by Crippen LogP contribution is 2.16. The van der Waals surface area contributed by atoms with Crippen molar-refractivity contribution in [3.63, 3.8) is 0 Å². The Morgan fingerprint density at radius 3 is 1.47 bits per heavy atom. The molecule has 0 bridgehead atoms. The van der Waals surface area contributed by atoms with Crippen LogP contribution in [0.15, 0.2) is 24.3 Å². The summed E-state index contributed by atoms with van der Waals surface area (Å²) in [6.07, 6.45) is 21.4. The molecule has 0 aliphatic rings. The molecule has 1 aromatic carbocycles. The first-order valence-electron chi connectivity index (χ1n) is 20.4. The number of carbonyl (C=O) groups excluding carboxylic acids is 5. The summed E-state index contributed by atoms with van der Waals surface area (Å²) in [4.78, 5) is 64.4. The van der Waals surface area contributed by atoms with Gasteiger partial charge in [-0.25, -0.2) is 0 Å². The number of rotatable bonds is 33. The van der Waals surface area contributed by atoms with Gasteiger partial charge in [0.1, 0.15) is 18.1 Å². The molecule has 12 N–H and O–H groups in total. The maximum Gasteiger partial charge on any atom is 0.252 e. The van der Waals surface area contributed by atoms with Crippen molar-refractivity contribution < 1.29 is 24.0 Å². The molecule has 0 aromatic heterocycles. The fraction of sp³-hybridized carbons (Fsp3) is 0.725. The van der Waals surface area contributed by atoms with Crippen LogP contribution in [0.2, 0.25) is 0 Å². The molecule has 3 atom stereocenters. The normalized spacial score (nSPS) is 12.8. The van der Waals surface area contributed by atoms with Gasteiger partial charge >= 0.3 is 0 Å². The number of nitrogens with two attached hydrogens (primary N) is 4. The van der Waals surface area contributed by atoms with Gasteiger partial charge in [-0.05, 0) is 82.8 Å². The van der Waals surface area contributed by atoms with Crippen LogP contribution < -0.4 is 44.2 Å². The average Bonchev–Trinajstić information content (AvgIpc) is 3.14. The van der Waals surface area contributed by atoms with Crippen LogP contribution in [-0.2, 0) is 19.2 Å². The first-order chi connectivity index (χ1) is 25.7. The van der Waals surface area contributed by atoms with Crippen molar-refractivity contribution in [1.29, 1.82) is 0 Å². The fourth-order valence-corrected chi connectivity index (χ4v) is 6.19. The molecule has 0 spiro atoms. The molecule has 13 heteroatoms. The average molecular weight is 745 g/mol. The highest BCUT2D eigenvalue weighted by Gasteiger charge is 2.29. The zero-order valence-electron chi connectivity index (χ0n) is 32.6. The first-order valence-corrected chi connectivity index (χ1v) is 20.4. The van der Waals surface area contributed by atoms with E-state index in [1.807, 2.05) is 0 Å². The van der Waals surface area contributed by atoms with Gasteiger partial charge in [-0.2, -0.15) is 0 Å². The molecule has 5 amide bonds. The van der Waals surface area contributed by atoms with E-state index in [0.717, 1.165) is 19.3 Å². The van der Waals surface area contributed by atoms with Crippen molar-refractivity contribution in [2.75, 3.05) is 25.0 Å². The smallest absolute Gasteiger partial charge is 0.252 e. The number of primary amides is 1. The van der Waals surface area contributed by atoms with Gasteiger partial charge in [0.2, 0.25) is 23.6 Å². The van der Waals surface area contributed by atoms with Crippen molar-refractivity contribution >= 4 is 35.2 Å². The Morgan fingerprint density at radius 1 is 0.566 bits per heavy atom. The maximum atomic E-state index is 13.4. The number of carbonyl (C=O) groups is 5. The van der Waals surface area contributed by atoms with Gasteiger partial charge in [-0.1, -0.05) is 103 Å². The Labute approximate surface area is 318 Å². The largest absolute Gasteiger partial charge is 0.368 e. The van der Waals surface area contributed by atoms with E-state index < -0.39 is 41.8 Å². The molecule has 0 fully saturated rings. The van der Waals surface area contributed by atoms with Crippen molar-refractivity contribution in [2.24, 2.45) is 22.9 Å². The van der Waals surface area contributed by atoms with Crippen LogP contribution in [-0.4, -0.2) is 67.3 Å². The van der Waals surface area contributed by atoms with Crippen LogP contribution in [0.3, 0.4) is 0 Å². The molecule has 0 aliphatic heterocycles. The molecule has 3 unspecified atom stereocenters. The lowest BCUT2D eigenvalue weighted by Gasteiger charge is -2.25. The van der Waals surface area contributed by atoms with E-state index >= 15 is 0 Å². The van der Waals surface area contributed by atoms with E-state index in [1.165, 1.54) is 77.0 Å². The second kappa shape index (κ2) is 30.9. The fourth-order valence-electron chi connectivity index (χ4n) is 6.19. The number of unbranched alkanes of at least 4 members (excludes halogenated alkanes) is 14. The van der Waals surface area contributed by atoms with E-state index in [0.29, 0.717) is 44.5 Å². The van der Waals surface area contributed by atoms with Crippen LogP contribution in [0.5, 0.6) is 0 Å². The third-order valence-electron chi connectivity index (χ3n) is 9.42. The van der Waals surface area contributed by atoms with Crippen LogP contribution in [0.4, 0.5) is 5.69 Å². The molecule has 53 heavy (non-hydrogen) atoms. The third-order valence-corrected chi connectivity index (χ3v) is 9.42. The van der Waals surface area contributed by atoms with E-state index in [2.05, 4.69) is 28.2 Å². The SMILES string of the molecule is CCCCCCCCCCCCCCCCCC(=O)Nc1cccc(C(=O)NC(CCCN)C(=O)NC(CCCN)C(=O)NC(CCCN)C(N)=O)c1. The van der Waals surface area contributed by atoms with E-state index in [9.17, 15) is 24.0 Å². The summed E-state index contributed by atoms with van der Waals surface area (Å²) in [5.41, 5.74) is 23.1. The lowest BCUT2D eigenvalue weighted by Crippen LogP contribution is -2.56. The Morgan fingerprint density at radius 2 is 1.00 bits per heavy atom. The molecular weight excluding hydrogens is 672 g/mol. The summed E-state index contributed by atoms with van der Waals surface area (Å²) < 4.78 is 0. The van der Waals surface area contributed by atoms with E-state index in [4.69, 9.17) is 22.9 Å². The molecule has 0 radical (unpaired) electrons. The summed E-state index contributed by atoms with van der Waals surface area (Å²) in [7, 11) is 0. The summed E-state index contributed by atoms with van der Waals surface area (Å²) >= 11 is 0. The lowest BCUT2D eigenvalue weighted by molar-refractivity contribution is -0.132. The van der Waals surface area contributed by atoms with Gasteiger partial charge in [-0.3, -0.25) is 24.0 Å². The minimum absolute atomic E-state index is 0.110. The van der Waals surface area contributed by atoms with Crippen molar-refractivity contribution in [2.45, 2.75) is 166 Å². The highest BCUT2D eigenvalue weighted by atomic mass is 16.2. The molecule has 1 aromatic rings. The summed E-state index contributed by atoms with van der Waals surface area (Å²) in [6.45, 7) is 3.15. The number of benzene rings is 1. The van der Waals surface area contributed by atoms with Crippen molar-refractivity contribution in [3.8, 4) is 0 Å². The quantitative estimate of drug-likeness (QED) is 0.0470.